The molecule has 2 rings (SSSR count). The summed E-state index contributed by atoms with van der Waals surface area (Å²) in [5.74, 6) is -0.270. The molecule has 1 aromatic rings. The van der Waals surface area contributed by atoms with Crippen LogP contribution in [-0.2, 0) is 6.54 Å². The molecule has 5 nitrogen and oxygen atoms in total. The smallest absolute Gasteiger partial charge is 0.372 e. The molecule has 0 bridgehead atoms. The fourth-order valence-electron chi connectivity index (χ4n) is 2.30. The summed E-state index contributed by atoms with van der Waals surface area (Å²) >= 11 is 0. The van der Waals surface area contributed by atoms with Crippen LogP contribution >= 0.6 is 0 Å². The third-order valence-electron chi connectivity index (χ3n) is 3.27. The van der Waals surface area contributed by atoms with E-state index in [0.29, 0.717) is 17.9 Å². The SMILES string of the molecule is Cc1cc(CNCCN2CCCC2)oc1C(=O)O. The van der Waals surface area contributed by atoms with Crippen molar-refractivity contribution < 1.29 is 14.3 Å². The van der Waals surface area contributed by atoms with Gasteiger partial charge in [-0.05, 0) is 38.9 Å². The Morgan fingerprint density at radius 2 is 2.22 bits per heavy atom. The van der Waals surface area contributed by atoms with E-state index in [1.807, 2.05) is 0 Å². The van der Waals surface area contributed by atoms with Crippen molar-refractivity contribution in [2.24, 2.45) is 0 Å². The standard InChI is InChI=1S/C13H20N2O3/c1-10-8-11(18-12(10)13(16)17)9-14-4-7-15-5-2-3-6-15/h8,14H,2-7,9H2,1H3,(H,16,17). The van der Waals surface area contributed by atoms with Crippen LogP contribution in [0.15, 0.2) is 10.5 Å². The number of rotatable bonds is 6. The van der Waals surface area contributed by atoms with E-state index in [0.717, 1.165) is 13.1 Å². The summed E-state index contributed by atoms with van der Waals surface area (Å²) in [4.78, 5) is 13.3. The van der Waals surface area contributed by atoms with Gasteiger partial charge >= 0.3 is 5.97 Å². The highest BCUT2D eigenvalue weighted by Crippen LogP contribution is 2.14. The van der Waals surface area contributed by atoms with Crippen LogP contribution in [0.25, 0.3) is 0 Å². The largest absolute Gasteiger partial charge is 0.475 e. The van der Waals surface area contributed by atoms with Crippen LogP contribution in [-0.4, -0.2) is 42.2 Å². The second-order valence-electron chi connectivity index (χ2n) is 4.76. The lowest BCUT2D eigenvalue weighted by Crippen LogP contribution is -2.29. The van der Waals surface area contributed by atoms with Gasteiger partial charge < -0.3 is 19.7 Å². The molecule has 0 spiro atoms. The molecule has 1 aliphatic heterocycles. The predicted molar refractivity (Wildman–Crippen MR) is 67.8 cm³/mol. The third-order valence-corrected chi connectivity index (χ3v) is 3.27. The maximum Gasteiger partial charge on any atom is 0.372 e. The van der Waals surface area contributed by atoms with E-state index in [9.17, 15) is 4.79 Å². The first-order valence-corrected chi connectivity index (χ1v) is 6.42. The van der Waals surface area contributed by atoms with E-state index >= 15 is 0 Å². The maximum absolute atomic E-state index is 10.8. The zero-order chi connectivity index (χ0) is 13.0. The highest BCUT2D eigenvalue weighted by atomic mass is 16.4. The van der Waals surface area contributed by atoms with Crippen LogP contribution in [0.1, 0.15) is 34.7 Å². The van der Waals surface area contributed by atoms with Gasteiger partial charge in [-0.1, -0.05) is 0 Å². The number of aromatic carboxylic acids is 1. The Labute approximate surface area is 107 Å². The fourth-order valence-corrected chi connectivity index (χ4v) is 2.30. The first-order valence-electron chi connectivity index (χ1n) is 6.42. The van der Waals surface area contributed by atoms with Crippen molar-refractivity contribution in [2.75, 3.05) is 26.2 Å². The van der Waals surface area contributed by atoms with Crippen molar-refractivity contribution >= 4 is 5.97 Å². The molecule has 100 valence electrons. The lowest BCUT2D eigenvalue weighted by atomic mass is 10.2. The number of nitrogens with one attached hydrogen (secondary N) is 1. The van der Waals surface area contributed by atoms with E-state index in [-0.39, 0.29) is 5.76 Å². The molecule has 0 atom stereocenters. The number of furan rings is 1. The summed E-state index contributed by atoms with van der Waals surface area (Å²) in [5, 5.41) is 12.2. The molecule has 0 aliphatic carbocycles. The number of carboxylic acids is 1. The quantitative estimate of drug-likeness (QED) is 0.751. The van der Waals surface area contributed by atoms with E-state index in [4.69, 9.17) is 9.52 Å². The van der Waals surface area contributed by atoms with Gasteiger partial charge in [0.1, 0.15) is 5.76 Å². The highest BCUT2D eigenvalue weighted by Gasteiger charge is 2.14. The second-order valence-corrected chi connectivity index (χ2v) is 4.76. The van der Waals surface area contributed by atoms with Crippen molar-refractivity contribution in [1.82, 2.24) is 10.2 Å². The summed E-state index contributed by atoms with van der Waals surface area (Å²) in [7, 11) is 0. The van der Waals surface area contributed by atoms with Gasteiger partial charge in [-0.3, -0.25) is 0 Å². The number of hydrogen-bond acceptors (Lipinski definition) is 4. The number of carbonyl (C=O) groups is 1. The first-order chi connectivity index (χ1) is 8.66. The van der Waals surface area contributed by atoms with Gasteiger partial charge in [-0.2, -0.15) is 0 Å². The van der Waals surface area contributed by atoms with Gasteiger partial charge in [0, 0.05) is 18.7 Å². The molecule has 1 aliphatic rings. The topological polar surface area (TPSA) is 65.7 Å². The fraction of sp³-hybridized carbons (Fsp3) is 0.615. The van der Waals surface area contributed by atoms with Crippen molar-refractivity contribution in [1.29, 1.82) is 0 Å². The lowest BCUT2D eigenvalue weighted by Gasteiger charge is -2.14. The van der Waals surface area contributed by atoms with Crippen LogP contribution in [0.5, 0.6) is 0 Å². The summed E-state index contributed by atoms with van der Waals surface area (Å²) in [6.45, 7) is 6.69. The van der Waals surface area contributed by atoms with Gasteiger partial charge in [0.2, 0.25) is 5.76 Å². The minimum Gasteiger partial charge on any atom is -0.475 e. The van der Waals surface area contributed by atoms with Gasteiger partial charge in [0.15, 0.2) is 0 Å². The Hall–Kier alpha value is -1.33. The van der Waals surface area contributed by atoms with Crippen LogP contribution in [0.3, 0.4) is 0 Å². The van der Waals surface area contributed by atoms with Crippen LogP contribution in [0.2, 0.25) is 0 Å². The van der Waals surface area contributed by atoms with Gasteiger partial charge in [-0.25, -0.2) is 4.79 Å². The number of aryl methyl sites for hydroxylation is 1. The zero-order valence-electron chi connectivity index (χ0n) is 10.7. The molecule has 18 heavy (non-hydrogen) atoms. The van der Waals surface area contributed by atoms with Crippen LogP contribution in [0.4, 0.5) is 0 Å². The zero-order valence-corrected chi connectivity index (χ0v) is 10.7. The van der Waals surface area contributed by atoms with Crippen molar-refractivity contribution in [3.8, 4) is 0 Å². The molecule has 0 saturated carbocycles. The Morgan fingerprint density at radius 3 is 2.83 bits per heavy atom. The summed E-state index contributed by atoms with van der Waals surface area (Å²) in [6.07, 6.45) is 2.61. The number of likely N-dealkylation sites (tertiary alicyclic amines) is 1. The van der Waals surface area contributed by atoms with Gasteiger partial charge in [0.25, 0.3) is 0 Å². The molecule has 2 heterocycles. The van der Waals surface area contributed by atoms with E-state index in [1.54, 1.807) is 13.0 Å². The number of nitrogens with zero attached hydrogens (tertiary/aromatic N) is 1. The predicted octanol–water partition coefficient (Wildman–Crippen LogP) is 1.47. The summed E-state index contributed by atoms with van der Waals surface area (Å²) in [6, 6.07) is 1.78. The Bertz CT molecular complexity index is 408. The lowest BCUT2D eigenvalue weighted by molar-refractivity contribution is 0.0659. The Kier molecular flexibility index (Phi) is 4.38. The normalized spacial score (nSPS) is 16.3. The number of hydrogen-bond donors (Lipinski definition) is 2. The average molecular weight is 252 g/mol. The molecular weight excluding hydrogens is 232 g/mol. The Balaban J connectivity index is 1.72. The third kappa shape index (κ3) is 3.34. The maximum atomic E-state index is 10.8. The van der Waals surface area contributed by atoms with Crippen LogP contribution < -0.4 is 5.32 Å². The molecule has 1 aromatic heterocycles. The molecule has 0 amide bonds. The van der Waals surface area contributed by atoms with E-state index < -0.39 is 5.97 Å². The molecule has 0 radical (unpaired) electrons. The van der Waals surface area contributed by atoms with Crippen molar-refractivity contribution in [3.63, 3.8) is 0 Å². The average Bonchev–Trinajstić information content (AvgIpc) is 2.94. The molecule has 2 N–H and O–H groups in total. The second kappa shape index (κ2) is 6.02. The minimum absolute atomic E-state index is 0.0475. The summed E-state index contributed by atoms with van der Waals surface area (Å²) in [5.41, 5.74) is 0.679. The minimum atomic E-state index is -1.00. The summed E-state index contributed by atoms with van der Waals surface area (Å²) < 4.78 is 5.27. The molecule has 1 fully saturated rings. The van der Waals surface area contributed by atoms with Gasteiger partial charge in [-0.15, -0.1) is 0 Å². The first kappa shape index (κ1) is 13.1. The number of carboxylic acid groups (broad SMARTS) is 1. The molecular formula is C13H20N2O3. The molecule has 0 unspecified atom stereocenters. The van der Waals surface area contributed by atoms with Crippen molar-refractivity contribution in [3.05, 3.63) is 23.2 Å². The highest BCUT2D eigenvalue weighted by molar-refractivity contribution is 5.86. The van der Waals surface area contributed by atoms with Crippen LogP contribution in [0, 0.1) is 6.92 Å². The monoisotopic (exact) mass is 252 g/mol. The van der Waals surface area contributed by atoms with Gasteiger partial charge in [0.05, 0.1) is 6.54 Å². The Morgan fingerprint density at radius 1 is 1.50 bits per heavy atom. The van der Waals surface area contributed by atoms with E-state index in [1.165, 1.54) is 25.9 Å². The molecule has 1 saturated heterocycles. The molecule has 5 heteroatoms. The molecule has 0 aromatic carbocycles. The van der Waals surface area contributed by atoms with Crippen molar-refractivity contribution in [2.45, 2.75) is 26.3 Å². The van der Waals surface area contributed by atoms with E-state index in [2.05, 4.69) is 10.2 Å².